The van der Waals surface area contributed by atoms with Crippen LogP contribution in [0.25, 0.3) is 0 Å². The van der Waals surface area contributed by atoms with Crippen LogP contribution in [-0.4, -0.2) is 17.5 Å². The van der Waals surface area contributed by atoms with Crippen molar-refractivity contribution in [3.63, 3.8) is 0 Å². The molecule has 1 heterocycles. The highest BCUT2D eigenvalue weighted by atomic mass is 16.6. The second-order valence-corrected chi connectivity index (χ2v) is 3.29. The average Bonchev–Trinajstić information content (AvgIpc) is 2.37. The highest BCUT2D eigenvalue weighted by Crippen LogP contribution is 2.21. The van der Waals surface area contributed by atoms with Crippen molar-refractivity contribution in [2.24, 2.45) is 0 Å². The Hall–Kier alpha value is -0.0800. The maximum Gasteiger partial charge on any atom is 0.154 e. The molecule has 2 nitrogen and oxygen atoms in total. The number of unbranched alkanes of at least 4 members (excludes halogenated alkanes) is 2. The van der Waals surface area contributed by atoms with E-state index in [0.717, 1.165) is 19.3 Å². The van der Waals surface area contributed by atoms with Gasteiger partial charge in [0.15, 0.2) is 6.29 Å². The summed E-state index contributed by atoms with van der Waals surface area (Å²) in [6.07, 6.45) is 6.67. The van der Waals surface area contributed by atoms with Crippen LogP contribution in [0, 0.1) is 0 Å². The number of aliphatic hydroxyl groups excluding tert-OH is 1. The minimum Gasteiger partial charge on any atom is -0.368 e. The summed E-state index contributed by atoms with van der Waals surface area (Å²) in [5.74, 6) is 0. The summed E-state index contributed by atoms with van der Waals surface area (Å²) in [7, 11) is 0. The number of hydrogen-bond donors (Lipinski definition) is 1. The van der Waals surface area contributed by atoms with Gasteiger partial charge in [-0.2, -0.15) is 0 Å². The zero-order valence-electron chi connectivity index (χ0n) is 7.25. The third-order valence-corrected chi connectivity index (χ3v) is 2.21. The standard InChI is InChI=1S/C9H18O2/c1-2-3-4-5-8-6-7-9(10)11-8/h8-10H,2-7H2,1H3/t8-,9?/m0/s1. The van der Waals surface area contributed by atoms with E-state index in [1.807, 2.05) is 0 Å². The number of ether oxygens (including phenoxy) is 1. The Morgan fingerprint density at radius 2 is 2.18 bits per heavy atom. The molecule has 1 saturated heterocycles. The summed E-state index contributed by atoms with van der Waals surface area (Å²) in [4.78, 5) is 0. The fourth-order valence-electron chi connectivity index (χ4n) is 1.52. The third kappa shape index (κ3) is 3.21. The van der Waals surface area contributed by atoms with Gasteiger partial charge in [0.1, 0.15) is 0 Å². The molecule has 1 aliphatic rings. The number of rotatable bonds is 4. The van der Waals surface area contributed by atoms with Crippen LogP contribution >= 0.6 is 0 Å². The molecule has 2 atom stereocenters. The minimum atomic E-state index is -0.471. The second kappa shape index (κ2) is 4.73. The first-order valence-corrected chi connectivity index (χ1v) is 4.66. The predicted molar refractivity (Wildman–Crippen MR) is 44.3 cm³/mol. The Balaban J connectivity index is 1.99. The molecule has 11 heavy (non-hydrogen) atoms. The molecule has 1 unspecified atom stereocenters. The number of hydrogen-bond acceptors (Lipinski definition) is 2. The summed E-state index contributed by atoms with van der Waals surface area (Å²) in [6, 6.07) is 0. The summed E-state index contributed by atoms with van der Waals surface area (Å²) in [6.45, 7) is 2.20. The monoisotopic (exact) mass is 158 g/mol. The van der Waals surface area contributed by atoms with Gasteiger partial charge in [-0.15, -0.1) is 0 Å². The highest BCUT2D eigenvalue weighted by Gasteiger charge is 2.21. The largest absolute Gasteiger partial charge is 0.368 e. The molecule has 2 heteroatoms. The van der Waals surface area contributed by atoms with E-state index in [-0.39, 0.29) is 0 Å². The molecule has 1 rings (SSSR count). The molecule has 66 valence electrons. The Labute approximate surface area is 68.6 Å². The minimum absolute atomic E-state index is 0.344. The molecule has 0 aromatic heterocycles. The van der Waals surface area contributed by atoms with Crippen LogP contribution < -0.4 is 0 Å². The molecule has 0 bridgehead atoms. The van der Waals surface area contributed by atoms with Gasteiger partial charge in [-0.05, 0) is 12.8 Å². The lowest BCUT2D eigenvalue weighted by Gasteiger charge is -2.08. The van der Waals surface area contributed by atoms with Gasteiger partial charge in [0.05, 0.1) is 6.10 Å². The first-order valence-electron chi connectivity index (χ1n) is 4.66. The molecule has 1 aliphatic heterocycles. The van der Waals surface area contributed by atoms with Crippen molar-refractivity contribution in [2.75, 3.05) is 0 Å². The van der Waals surface area contributed by atoms with E-state index in [2.05, 4.69) is 6.92 Å². The van der Waals surface area contributed by atoms with Crippen LogP contribution in [0.1, 0.15) is 45.4 Å². The average molecular weight is 158 g/mol. The van der Waals surface area contributed by atoms with Crippen LogP contribution in [0.3, 0.4) is 0 Å². The normalized spacial score (nSPS) is 31.1. The summed E-state index contributed by atoms with van der Waals surface area (Å²) < 4.78 is 5.26. The Kier molecular flexibility index (Phi) is 3.87. The first-order chi connectivity index (χ1) is 5.33. The van der Waals surface area contributed by atoms with Crippen molar-refractivity contribution in [1.29, 1.82) is 0 Å². The van der Waals surface area contributed by atoms with E-state index in [0.29, 0.717) is 6.10 Å². The quantitative estimate of drug-likeness (QED) is 0.635. The van der Waals surface area contributed by atoms with Gasteiger partial charge in [0.2, 0.25) is 0 Å². The van der Waals surface area contributed by atoms with Gasteiger partial charge >= 0.3 is 0 Å². The van der Waals surface area contributed by atoms with Crippen molar-refractivity contribution >= 4 is 0 Å². The Morgan fingerprint density at radius 3 is 2.73 bits per heavy atom. The zero-order valence-corrected chi connectivity index (χ0v) is 7.25. The lowest BCUT2D eigenvalue weighted by Crippen LogP contribution is -2.09. The SMILES string of the molecule is CCCCC[C@H]1CCC(O)O1. The molecular formula is C9H18O2. The summed E-state index contributed by atoms with van der Waals surface area (Å²) in [5, 5.41) is 9.03. The topological polar surface area (TPSA) is 29.5 Å². The highest BCUT2D eigenvalue weighted by molar-refractivity contribution is 4.66. The van der Waals surface area contributed by atoms with E-state index in [1.165, 1.54) is 19.3 Å². The van der Waals surface area contributed by atoms with Gasteiger partial charge in [0, 0.05) is 6.42 Å². The van der Waals surface area contributed by atoms with Crippen molar-refractivity contribution in [3.05, 3.63) is 0 Å². The van der Waals surface area contributed by atoms with Gasteiger partial charge in [-0.25, -0.2) is 0 Å². The van der Waals surface area contributed by atoms with Crippen LogP contribution in [0.2, 0.25) is 0 Å². The Morgan fingerprint density at radius 1 is 1.36 bits per heavy atom. The van der Waals surface area contributed by atoms with Crippen molar-refractivity contribution in [3.8, 4) is 0 Å². The maximum absolute atomic E-state index is 9.03. The van der Waals surface area contributed by atoms with E-state index >= 15 is 0 Å². The molecule has 0 aliphatic carbocycles. The smallest absolute Gasteiger partial charge is 0.154 e. The van der Waals surface area contributed by atoms with Crippen LogP contribution in [0.15, 0.2) is 0 Å². The van der Waals surface area contributed by atoms with Crippen molar-refractivity contribution in [2.45, 2.75) is 57.8 Å². The van der Waals surface area contributed by atoms with Crippen LogP contribution in [-0.2, 0) is 4.74 Å². The van der Waals surface area contributed by atoms with E-state index in [4.69, 9.17) is 9.84 Å². The fourth-order valence-corrected chi connectivity index (χ4v) is 1.52. The summed E-state index contributed by atoms with van der Waals surface area (Å²) in [5.41, 5.74) is 0. The molecule has 0 amide bonds. The van der Waals surface area contributed by atoms with Gasteiger partial charge in [-0.3, -0.25) is 0 Å². The van der Waals surface area contributed by atoms with E-state index in [1.54, 1.807) is 0 Å². The molecule has 0 aromatic rings. The fraction of sp³-hybridized carbons (Fsp3) is 1.00. The molecule has 1 N–H and O–H groups in total. The lowest BCUT2D eigenvalue weighted by atomic mass is 10.1. The van der Waals surface area contributed by atoms with Gasteiger partial charge in [-0.1, -0.05) is 26.2 Å². The van der Waals surface area contributed by atoms with E-state index < -0.39 is 6.29 Å². The van der Waals surface area contributed by atoms with Crippen LogP contribution in [0.5, 0.6) is 0 Å². The first kappa shape index (κ1) is 9.01. The zero-order chi connectivity index (χ0) is 8.10. The second-order valence-electron chi connectivity index (χ2n) is 3.29. The predicted octanol–water partition coefficient (Wildman–Crippen LogP) is 2.06. The summed E-state index contributed by atoms with van der Waals surface area (Å²) >= 11 is 0. The molecule has 0 spiro atoms. The van der Waals surface area contributed by atoms with Crippen molar-refractivity contribution < 1.29 is 9.84 Å². The van der Waals surface area contributed by atoms with Crippen LogP contribution in [0.4, 0.5) is 0 Å². The van der Waals surface area contributed by atoms with Gasteiger partial charge < -0.3 is 9.84 Å². The van der Waals surface area contributed by atoms with Crippen molar-refractivity contribution in [1.82, 2.24) is 0 Å². The maximum atomic E-state index is 9.03. The molecule has 0 radical (unpaired) electrons. The van der Waals surface area contributed by atoms with E-state index in [9.17, 15) is 0 Å². The lowest BCUT2D eigenvalue weighted by molar-refractivity contribution is -0.0919. The Bertz CT molecular complexity index is 104. The molecule has 0 aromatic carbocycles. The third-order valence-electron chi connectivity index (χ3n) is 2.21. The number of aliphatic hydroxyl groups is 1. The molecular weight excluding hydrogens is 140 g/mol. The molecule has 1 fully saturated rings. The molecule has 0 saturated carbocycles. The van der Waals surface area contributed by atoms with Gasteiger partial charge in [0.25, 0.3) is 0 Å².